The van der Waals surface area contributed by atoms with Crippen LogP contribution in [0, 0.1) is 0 Å². The second-order valence-corrected chi connectivity index (χ2v) is 4.35. The molecular weight excluding hydrogens is 206 g/mol. The van der Waals surface area contributed by atoms with Gasteiger partial charge in [-0.3, -0.25) is 0 Å². The van der Waals surface area contributed by atoms with Crippen LogP contribution in [0.5, 0.6) is 0 Å². The van der Waals surface area contributed by atoms with Gasteiger partial charge in [0.1, 0.15) is 0 Å². The number of nitrogens with one attached hydrogen (secondary N) is 1. The van der Waals surface area contributed by atoms with Crippen LogP contribution in [0.4, 0.5) is 0 Å². The molecule has 1 rings (SSSR count). The van der Waals surface area contributed by atoms with E-state index in [0.29, 0.717) is 12.1 Å². The minimum absolute atomic E-state index is 0.339. The fourth-order valence-electron chi connectivity index (χ4n) is 1.76. The molecule has 16 heavy (non-hydrogen) atoms. The summed E-state index contributed by atoms with van der Waals surface area (Å²) in [6.45, 7) is 6.29. The van der Waals surface area contributed by atoms with Crippen LogP contribution in [0.2, 0.25) is 0 Å². The first kappa shape index (κ1) is 13.9. The largest absolute Gasteiger partial charge is 0.385 e. The van der Waals surface area contributed by atoms with E-state index in [2.05, 4.69) is 12.2 Å². The maximum atomic E-state index is 5.55. The van der Waals surface area contributed by atoms with E-state index in [1.807, 2.05) is 0 Å². The average Bonchev–Trinajstić information content (AvgIpc) is 2.79. The minimum atomic E-state index is 0.339. The maximum Gasteiger partial charge on any atom is 0.0809 e. The molecule has 96 valence electrons. The monoisotopic (exact) mass is 231 g/mol. The molecule has 0 aromatic heterocycles. The van der Waals surface area contributed by atoms with E-state index in [9.17, 15) is 0 Å². The fourth-order valence-corrected chi connectivity index (χ4v) is 1.76. The molecule has 1 fully saturated rings. The third-order valence-electron chi connectivity index (χ3n) is 2.82. The van der Waals surface area contributed by atoms with E-state index in [1.165, 1.54) is 6.42 Å². The van der Waals surface area contributed by atoms with Crippen molar-refractivity contribution in [3.63, 3.8) is 0 Å². The minimum Gasteiger partial charge on any atom is -0.385 e. The van der Waals surface area contributed by atoms with Crippen molar-refractivity contribution in [1.82, 2.24) is 5.32 Å². The smallest absolute Gasteiger partial charge is 0.0809 e. The van der Waals surface area contributed by atoms with Gasteiger partial charge in [-0.1, -0.05) is 0 Å². The Morgan fingerprint density at radius 2 is 2.31 bits per heavy atom. The van der Waals surface area contributed by atoms with Gasteiger partial charge in [-0.25, -0.2) is 0 Å². The van der Waals surface area contributed by atoms with Gasteiger partial charge in [0, 0.05) is 32.9 Å². The molecule has 2 atom stereocenters. The number of ether oxygens (including phenoxy) is 3. The molecule has 4 nitrogen and oxygen atoms in total. The Balaban J connectivity index is 1.83. The first-order valence-electron chi connectivity index (χ1n) is 6.24. The van der Waals surface area contributed by atoms with Crippen LogP contribution < -0.4 is 5.32 Å². The molecule has 1 saturated heterocycles. The van der Waals surface area contributed by atoms with Crippen LogP contribution in [-0.4, -0.2) is 52.2 Å². The summed E-state index contributed by atoms with van der Waals surface area (Å²) in [5, 5.41) is 3.40. The van der Waals surface area contributed by atoms with E-state index < -0.39 is 0 Å². The van der Waals surface area contributed by atoms with Crippen LogP contribution in [0.3, 0.4) is 0 Å². The molecule has 2 unspecified atom stereocenters. The predicted molar refractivity (Wildman–Crippen MR) is 63.8 cm³/mol. The van der Waals surface area contributed by atoms with Crippen LogP contribution in [0.1, 0.15) is 26.2 Å². The lowest BCUT2D eigenvalue weighted by molar-refractivity contribution is 0.0177. The Morgan fingerprint density at radius 1 is 1.44 bits per heavy atom. The number of hydrogen-bond acceptors (Lipinski definition) is 4. The second-order valence-electron chi connectivity index (χ2n) is 4.35. The van der Waals surface area contributed by atoms with Crippen molar-refractivity contribution in [3.05, 3.63) is 0 Å². The lowest BCUT2D eigenvalue weighted by atomic mass is 10.2. The number of hydrogen-bond donors (Lipinski definition) is 1. The molecule has 4 heteroatoms. The molecule has 0 aromatic rings. The summed E-state index contributed by atoms with van der Waals surface area (Å²) >= 11 is 0. The van der Waals surface area contributed by atoms with Crippen molar-refractivity contribution in [3.8, 4) is 0 Å². The summed E-state index contributed by atoms with van der Waals surface area (Å²) < 4.78 is 16.0. The molecule has 0 amide bonds. The van der Waals surface area contributed by atoms with Crippen LogP contribution in [-0.2, 0) is 14.2 Å². The van der Waals surface area contributed by atoms with Gasteiger partial charge < -0.3 is 19.5 Å². The third kappa shape index (κ3) is 6.43. The summed E-state index contributed by atoms with van der Waals surface area (Å²) in [6, 6.07) is 0.492. The Kier molecular flexibility index (Phi) is 7.76. The molecule has 1 heterocycles. The van der Waals surface area contributed by atoms with Gasteiger partial charge in [0.25, 0.3) is 0 Å². The zero-order chi connectivity index (χ0) is 11.6. The van der Waals surface area contributed by atoms with Gasteiger partial charge in [-0.2, -0.15) is 0 Å². The topological polar surface area (TPSA) is 39.7 Å². The second kappa shape index (κ2) is 8.93. The zero-order valence-electron chi connectivity index (χ0n) is 10.5. The predicted octanol–water partition coefficient (Wildman–Crippen LogP) is 1.20. The lowest BCUT2D eigenvalue weighted by Gasteiger charge is -2.14. The highest BCUT2D eigenvalue weighted by atomic mass is 16.5. The van der Waals surface area contributed by atoms with Gasteiger partial charge >= 0.3 is 0 Å². The van der Waals surface area contributed by atoms with Crippen LogP contribution in [0.15, 0.2) is 0 Å². The summed E-state index contributed by atoms with van der Waals surface area (Å²) in [6.07, 6.45) is 3.71. The standard InChI is InChI=1S/C12H25NO3/c1-11(5-8-14-2)13-6-9-15-10-12-4-3-7-16-12/h11-13H,3-10H2,1-2H3. The maximum absolute atomic E-state index is 5.55. The van der Waals surface area contributed by atoms with E-state index in [-0.39, 0.29) is 0 Å². The van der Waals surface area contributed by atoms with Gasteiger partial charge in [0.2, 0.25) is 0 Å². The van der Waals surface area contributed by atoms with Gasteiger partial charge in [0.05, 0.1) is 19.3 Å². The van der Waals surface area contributed by atoms with Gasteiger partial charge in [0.15, 0.2) is 0 Å². The van der Waals surface area contributed by atoms with Gasteiger partial charge in [-0.05, 0) is 26.2 Å². The molecule has 0 aliphatic carbocycles. The average molecular weight is 231 g/mol. The molecule has 1 aliphatic heterocycles. The van der Waals surface area contributed by atoms with E-state index in [1.54, 1.807) is 7.11 Å². The molecular formula is C12H25NO3. The first-order chi connectivity index (χ1) is 7.83. The first-order valence-corrected chi connectivity index (χ1v) is 6.24. The number of rotatable bonds is 9. The summed E-state index contributed by atoms with van der Waals surface area (Å²) in [7, 11) is 1.73. The highest BCUT2D eigenvalue weighted by molar-refractivity contribution is 4.64. The Labute approximate surface area is 98.6 Å². The van der Waals surface area contributed by atoms with Crippen LogP contribution >= 0.6 is 0 Å². The molecule has 0 bridgehead atoms. The molecule has 0 saturated carbocycles. The SMILES string of the molecule is COCCC(C)NCCOCC1CCCO1. The molecule has 0 radical (unpaired) electrons. The lowest BCUT2D eigenvalue weighted by Crippen LogP contribution is -2.31. The number of methoxy groups -OCH3 is 1. The Bertz CT molecular complexity index is 160. The highest BCUT2D eigenvalue weighted by Crippen LogP contribution is 2.11. The highest BCUT2D eigenvalue weighted by Gasteiger charge is 2.14. The molecule has 1 aliphatic rings. The Morgan fingerprint density at radius 3 is 3.00 bits per heavy atom. The normalized spacial score (nSPS) is 22.5. The third-order valence-corrected chi connectivity index (χ3v) is 2.82. The van der Waals surface area contributed by atoms with Crippen molar-refractivity contribution in [2.75, 3.05) is 40.1 Å². The summed E-state index contributed by atoms with van der Waals surface area (Å²) in [5.74, 6) is 0. The molecule has 0 spiro atoms. The van der Waals surface area contributed by atoms with Crippen molar-refractivity contribution in [2.24, 2.45) is 0 Å². The van der Waals surface area contributed by atoms with E-state index in [4.69, 9.17) is 14.2 Å². The van der Waals surface area contributed by atoms with Crippen molar-refractivity contribution in [1.29, 1.82) is 0 Å². The zero-order valence-corrected chi connectivity index (χ0v) is 10.5. The Hall–Kier alpha value is -0.160. The van der Waals surface area contributed by atoms with Crippen molar-refractivity contribution in [2.45, 2.75) is 38.3 Å². The summed E-state index contributed by atoms with van der Waals surface area (Å²) in [4.78, 5) is 0. The molecule has 1 N–H and O–H groups in total. The van der Waals surface area contributed by atoms with Crippen molar-refractivity contribution >= 4 is 0 Å². The van der Waals surface area contributed by atoms with E-state index >= 15 is 0 Å². The quantitative estimate of drug-likeness (QED) is 0.605. The fraction of sp³-hybridized carbons (Fsp3) is 1.00. The summed E-state index contributed by atoms with van der Waals surface area (Å²) in [5.41, 5.74) is 0. The van der Waals surface area contributed by atoms with Crippen LogP contribution in [0.25, 0.3) is 0 Å². The van der Waals surface area contributed by atoms with E-state index in [0.717, 1.165) is 45.8 Å². The van der Waals surface area contributed by atoms with Crippen molar-refractivity contribution < 1.29 is 14.2 Å². The van der Waals surface area contributed by atoms with Gasteiger partial charge in [-0.15, -0.1) is 0 Å². The molecule has 0 aromatic carbocycles.